The summed E-state index contributed by atoms with van der Waals surface area (Å²) in [6.45, 7) is 5.47. The second-order valence-electron chi connectivity index (χ2n) is 9.07. The fourth-order valence-corrected chi connectivity index (χ4v) is 4.26. The highest BCUT2D eigenvalue weighted by molar-refractivity contribution is 5.93. The van der Waals surface area contributed by atoms with E-state index in [-0.39, 0.29) is 18.1 Å². The molecule has 2 aromatic heterocycles. The first-order chi connectivity index (χ1) is 15.5. The van der Waals surface area contributed by atoms with Crippen LogP contribution in [0.25, 0.3) is 11.5 Å². The fourth-order valence-electron chi connectivity index (χ4n) is 4.26. The molecule has 168 valence electrons. The van der Waals surface area contributed by atoms with E-state index in [4.69, 9.17) is 10.4 Å². The van der Waals surface area contributed by atoms with Crippen LogP contribution < -0.4 is 10.2 Å². The molecule has 10 heteroatoms. The van der Waals surface area contributed by atoms with Crippen LogP contribution in [-0.4, -0.2) is 68.0 Å². The molecule has 2 N–H and O–H groups in total. The monoisotopic (exact) mass is 435 g/mol. The Labute approximate surface area is 187 Å². The summed E-state index contributed by atoms with van der Waals surface area (Å²) in [5.74, 6) is 2.19. The van der Waals surface area contributed by atoms with Crippen molar-refractivity contribution >= 4 is 24.0 Å². The SMILES string of the molecule is CC(C)n1cnnc1-c1cccc(N2CCN(C3CC(N/C=N\C(=N)C4CC4)C3)C2=O)n1. The van der Waals surface area contributed by atoms with Crippen molar-refractivity contribution in [2.24, 2.45) is 10.9 Å². The highest BCUT2D eigenvalue weighted by Gasteiger charge is 2.41. The molecule has 1 saturated heterocycles. The molecule has 0 atom stereocenters. The van der Waals surface area contributed by atoms with Crippen LogP contribution in [0.2, 0.25) is 0 Å². The van der Waals surface area contributed by atoms with Gasteiger partial charge in [0.1, 0.15) is 23.7 Å². The molecule has 0 unspecified atom stereocenters. The number of aliphatic imine (C=N–C) groups is 1. The van der Waals surface area contributed by atoms with E-state index in [1.54, 1.807) is 17.6 Å². The molecule has 5 rings (SSSR count). The van der Waals surface area contributed by atoms with E-state index in [1.165, 1.54) is 0 Å². The average molecular weight is 436 g/mol. The minimum absolute atomic E-state index is 0.00704. The zero-order valence-electron chi connectivity index (χ0n) is 18.5. The highest BCUT2D eigenvalue weighted by Crippen LogP contribution is 2.31. The third-order valence-electron chi connectivity index (χ3n) is 6.44. The van der Waals surface area contributed by atoms with Crippen LogP contribution in [0, 0.1) is 11.3 Å². The number of hydrogen-bond donors (Lipinski definition) is 2. The lowest BCUT2D eigenvalue weighted by molar-refractivity contribution is 0.143. The lowest BCUT2D eigenvalue weighted by Crippen LogP contribution is -2.53. The van der Waals surface area contributed by atoms with Gasteiger partial charge in [-0.3, -0.25) is 10.3 Å². The molecule has 0 bridgehead atoms. The molecule has 3 heterocycles. The molecular weight excluding hydrogens is 406 g/mol. The van der Waals surface area contributed by atoms with Crippen molar-refractivity contribution in [2.45, 2.75) is 57.7 Å². The Hall–Kier alpha value is -3.30. The summed E-state index contributed by atoms with van der Waals surface area (Å²) in [5, 5.41) is 19.3. The van der Waals surface area contributed by atoms with E-state index in [1.807, 2.05) is 27.7 Å². The van der Waals surface area contributed by atoms with Crippen molar-refractivity contribution in [1.29, 1.82) is 5.41 Å². The van der Waals surface area contributed by atoms with E-state index >= 15 is 0 Å². The second-order valence-corrected chi connectivity index (χ2v) is 9.07. The van der Waals surface area contributed by atoms with Gasteiger partial charge >= 0.3 is 6.03 Å². The van der Waals surface area contributed by atoms with Crippen LogP contribution >= 0.6 is 0 Å². The molecule has 0 aromatic carbocycles. The number of amidine groups is 1. The average Bonchev–Trinajstić information content (AvgIpc) is 3.37. The maximum Gasteiger partial charge on any atom is 0.326 e. The molecule has 0 radical (unpaired) electrons. The van der Waals surface area contributed by atoms with E-state index in [9.17, 15) is 4.79 Å². The number of nitrogens with zero attached hydrogens (tertiary/aromatic N) is 7. The second kappa shape index (κ2) is 8.33. The zero-order chi connectivity index (χ0) is 22.2. The third-order valence-corrected chi connectivity index (χ3v) is 6.44. The summed E-state index contributed by atoms with van der Waals surface area (Å²) >= 11 is 0. The van der Waals surface area contributed by atoms with Gasteiger partial charge < -0.3 is 14.8 Å². The molecular formula is C22H29N9O. The molecule has 2 aromatic rings. The van der Waals surface area contributed by atoms with Gasteiger partial charge in [0.25, 0.3) is 0 Å². The minimum Gasteiger partial charge on any atom is -0.373 e. The van der Waals surface area contributed by atoms with Crippen molar-refractivity contribution in [2.75, 3.05) is 18.0 Å². The van der Waals surface area contributed by atoms with Crippen molar-refractivity contribution < 1.29 is 4.79 Å². The van der Waals surface area contributed by atoms with Gasteiger partial charge in [-0.25, -0.2) is 14.8 Å². The molecule has 10 nitrogen and oxygen atoms in total. The van der Waals surface area contributed by atoms with Crippen molar-refractivity contribution in [3.63, 3.8) is 0 Å². The van der Waals surface area contributed by atoms with Gasteiger partial charge in [0.15, 0.2) is 5.82 Å². The van der Waals surface area contributed by atoms with E-state index < -0.39 is 0 Å². The van der Waals surface area contributed by atoms with E-state index in [2.05, 4.69) is 34.4 Å². The molecule has 1 aliphatic heterocycles. The quantitative estimate of drug-likeness (QED) is 0.512. The number of urea groups is 1. The molecule has 2 aliphatic carbocycles. The number of rotatable bonds is 7. The van der Waals surface area contributed by atoms with Crippen LogP contribution in [0.15, 0.2) is 29.5 Å². The predicted octanol–water partition coefficient (Wildman–Crippen LogP) is 2.70. The van der Waals surface area contributed by atoms with Gasteiger partial charge in [-0.1, -0.05) is 6.07 Å². The van der Waals surface area contributed by atoms with Crippen LogP contribution in [0.3, 0.4) is 0 Å². The maximum absolute atomic E-state index is 13.1. The molecule has 2 saturated carbocycles. The normalized spacial score (nSPS) is 23.3. The van der Waals surface area contributed by atoms with Crippen molar-refractivity contribution in [3.8, 4) is 11.5 Å². The Morgan fingerprint density at radius 1 is 1.28 bits per heavy atom. The first-order valence-electron chi connectivity index (χ1n) is 11.3. The Bertz CT molecular complexity index is 1040. The lowest BCUT2D eigenvalue weighted by atomic mass is 9.86. The Morgan fingerprint density at radius 3 is 2.84 bits per heavy atom. The lowest BCUT2D eigenvalue weighted by Gasteiger charge is -2.40. The van der Waals surface area contributed by atoms with Crippen LogP contribution in [0.5, 0.6) is 0 Å². The highest BCUT2D eigenvalue weighted by atomic mass is 16.2. The molecule has 0 spiro atoms. The van der Waals surface area contributed by atoms with Crippen LogP contribution in [0.4, 0.5) is 10.6 Å². The van der Waals surface area contributed by atoms with Gasteiger partial charge in [0.05, 0.1) is 6.34 Å². The van der Waals surface area contributed by atoms with Gasteiger partial charge in [-0.2, -0.15) is 0 Å². The molecule has 3 aliphatic rings. The van der Waals surface area contributed by atoms with Crippen molar-refractivity contribution in [3.05, 3.63) is 24.5 Å². The summed E-state index contributed by atoms with van der Waals surface area (Å²) in [6.07, 6.45) is 7.33. The number of pyridine rings is 1. The smallest absolute Gasteiger partial charge is 0.326 e. The predicted molar refractivity (Wildman–Crippen MR) is 122 cm³/mol. The first kappa shape index (κ1) is 20.6. The minimum atomic E-state index is 0.00704. The zero-order valence-corrected chi connectivity index (χ0v) is 18.5. The van der Waals surface area contributed by atoms with Gasteiger partial charge in [-0.05, 0) is 51.7 Å². The largest absolute Gasteiger partial charge is 0.373 e. The Morgan fingerprint density at radius 2 is 2.09 bits per heavy atom. The van der Waals surface area contributed by atoms with Crippen LogP contribution in [-0.2, 0) is 0 Å². The third kappa shape index (κ3) is 3.96. The Kier molecular flexibility index (Phi) is 5.36. The number of carbonyl (C=O) groups is 1. The van der Waals surface area contributed by atoms with Crippen LogP contribution in [0.1, 0.15) is 45.6 Å². The van der Waals surface area contributed by atoms with Gasteiger partial charge in [0.2, 0.25) is 0 Å². The number of nitrogens with one attached hydrogen (secondary N) is 2. The number of aromatic nitrogens is 4. The summed E-state index contributed by atoms with van der Waals surface area (Å²) in [5.41, 5.74) is 0.712. The molecule has 32 heavy (non-hydrogen) atoms. The fraction of sp³-hybridized carbons (Fsp3) is 0.545. The summed E-state index contributed by atoms with van der Waals surface area (Å²) in [4.78, 5) is 25.7. The molecule has 2 amide bonds. The van der Waals surface area contributed by atoms with E-state index in [0.717, 1.165) is 25.7 Å². The van der Waals surface area contributed by atoms with Gasteiger partial charge in [0, 0.05) is 37.1 Å². The number of amides is 2. The number of hydrogen-bond acceptors (Lipinski definition) is 5. The van der Waals surface area contributed by atoms with Crippen molar-refractivity contribution in [1.82, 2.24) is 30.0 Å². The number of anilines is 1. The Balaban J connectivity index is 1.19. The summed E-state index contributed by atoms with van der Waals surface area (Å²) < 4.78 is 1.97. The first-order valence-corrected chi connectivity index (χ1v) is 11.3. The summed E-state index contributed by atoms with van der Waals surface area (Å²) in [6, 6.07) is 6.45. The topological polar surface area (TPSA) is 115 Å². The maximum atomic E-state index is 13.1. The standard InChI is InChI=1S/C22H29N9O/c1-14(2)31-13-26-28-21(31)18-4-3-5-19(27-18)30-9-8-29(22(30)32)17-10-16(11-17)24-12-25-20(23)15-6-7-15/h3-5,12-17H,6-11H2,1-2H3,(H2,23,24,25). The number of carbonyl (C=O) groups excluding carboxylic acids is 1. The summed E-state index contributed by atoms with van der Waals surface area (Å²) in [7, 11) is 0. The molecule has 3 fully saturated rings. The van der Waals surface area contributed by atoms with E-state index in [0.29, 0.717) is 48.2 Å². The van der Waals surface area contributed by atoms with Gasteiger partial charge in [-0.15, -0.1) is 10.2 Å².